The van der Waals surface area contributed by atoms with Crippen LogP contribution in [0.4, 0.5) is 0 Å². The van der Waals surface area contributed by atoms with E-state index < -0.39 is 0 Å². The highest BCUT2D eigenvalue weighted by Gasteiger charge is 2.54. The van der Waals surface area contributed by atoms with E-state index in [1.54, 1.807) is 10.6 Å². The lowest BCUT2D eigenvalue weighted by molar-refractivity contribution is -0.0197. The van der Waals surface area contributed by atoms with Gasteiger partial charge in [0.05, 0.1) is 17.3 Å². The second kappa shape index (κ2) is 8.83. The van der Waals surface area contributed by atoms with E-state index in [4.69, 9.17) is 4.74 Å². The minimum absolute atomic E-state index is 0.112. The number of rotatable bonds is 6. The number of amides is 1. The van der Waals surface area contributed by atoms with E-state index in [1.165, 1.54) is 0 Å². The van der Waals surface area contributed by atoms with Gasteiger partial charge >= 0.3 is 0 Å². The molecule has 0 aliphatic heterocycles. The van der Waals surface area contributed by atoms with Crippen molar-refractivity contribution in [3.63, 3.8) is 0 Å². The Morgan fingerprint density at radius 2 is 1.79 bits per heavy atom. The predicted octanol–water partition coefficient (Wildman–Crippen LogP) is 4.61. The number of nitrogens with one attached hydrogen (secondary N) is 2. The van der Waals surface area contributed by atoms with E-state index in [2.05, 4.69) is 20.5 Å². The highest BCUT2D eigenvalue weighted by atomic mass is 16.5. The average molecular weight is 506 g/mol. The molecule has 8 nitrogen and oxygen atoms in total. The molecule has 2 aromatic carbocycles. The summed E-state index contributed by atoms with van der Waals surface area (Å²) in [6.07, 6.45) is 7.44. The van der Waals surface area contributed by atoms with Crippen LogP contribution in [0.25, 0.3) is 16.4 Å². The second-order valence-corrected chi connectivity index (χ2v) is 10.7. The fraction of sp³-hybridized carbons (Fsp3) is 0.267. The van der Waals surface area contributed by atoms with Crippen LogP contribution in [0.1, 0.15) is 53.3 Å². The molecule has 2 fully saturated rings. The molecule has 2 saturated carbocycles. The number of pyridine rings is 1. The number of hydrogen-bond donors (Lipinski definition) is 2. The number of H-pyrrole nitrogens is 1. The smallest absolute Gasteiger partial charge is 0.272 e. The number of benzene rings is 2. The van der Waals surface area contributed by atoms with Gasteiger partial charge in [-0.25, -0.2) is 10.1 Å². The Bertz CT molecular complexity index is 1710. The first-order valence-corrected chi connectivity index (χ1v) is 13.0. The minimum Gasteiger partial charge on any atom is -0.489 e. The molecule has 1 amide bonds. The van der Waals surface area contributed by atoms with Gasteiger partial charge in [-0.2, -0.15) is 5.10 Å². The summed E-state index contributed by atoms with van der Waals surface area (Å²) in [5.74, 6) is 0.939. The molecule has 38 heavy (non-hydrogen) atoms. The highest BCUT2D eigenvalue weighted by molar-refractivity contribution is 5.93. The number of nitrogens with zero attached hydrogens (tertiary/aromatic N) is 3. The number of aromatic nitrogens is 4. The molecule has 0 bridgehead atoms. The molecule has 0 unspecified atom stereocenters. The van der Waals surface area contributed by atoms with Crippen LogP contribution >= 0.6 is 0 Å². The van der Waals surface area contributed by atoms with Crippen LogP contribution in [-0.4, -0.2) is 31.5 Å². The van der Waals surface area contributed by atoms with Crippen LogP contribution in [0.2, 0.25) is 0 Å². The van der Waals surface area contributed by atoms with Crippen LogP contribution in [0.3, 0.4) is 0 Å². The predicted molar refractivity (Wildman–Crippen MR) is 143 cm³/mol. The molecule has 5 aromatic rings. The van der Waals surface area contributed by atoms with Crippen LogP contribution in [0.15, 0.2) is 83.9 Å². The van der Waals surface area contributed by atoms with Gasteiger partial charge in [0, 0.05) is 29.6 Å². The monoisotopic (exact) mass is 505 g/mol. The van der Waals surface area contributed by atoms with Gasteiger partial charge < -0.3 is 10.1 Å². The second-order valence-electron chi connectivity index (χ2n) is 10.7. The zero-order chi connectivity index (χ0) is 25.7. The minimum atomic E-state index is -0.145. The van der Waals surface area contributed by atoms with Gasteiger partial charge in [-0.1, -0.05) is 48.5 Å². The van der Waals surface area contributed by atoms with Crippen molar-refractivity contribution < 1.29 is 9.53 Å². The van der Waals surface area contributed by atoms with E-state index in [1.807, 2.05) is 72.9 Å². The van der Waals surface area contributed by atoms with Crippen LogP contribution < -0.4 is 15.6 Å². The van der Waals surface area contributed by atoms with Crippen LogP contribution in [0.5, 0.6) is 5.75 Å². The van der Waals surface area contributed by atoms with Gasteiger partial charge in [0.25, 0.3) is 11.5 Å². The zero-order valence-electron chi connectivity index (χ0n) is 20.8. The fourth-order valence-corrected chi connectivity index (χ4v) is 6.27. The molecule has 1 spiro atoms. The molecule has 3 aromatic heterocycles. The molecule has 7 rings (SSSR count). The average Bonchev–Trinajstić information content (AvgIpc) is 3.33. The first kappa shape index (κ1) is 22.7. The standard InChI is InChI=1S/C30H27N5O3/c36-28-24-9-5-4-8-23(24)27(33-34-28)20-13-30(14-20)15-21(16-30)32-29(37)25-17-31-26-12-22(10-11-35(25)26)38-18-19-6-2-1-3-7-19/h1-12,17,20-21H,13-16,18H2,(H,32,37)(H,34,36)/t20-,21-,30?. The maximum Gasteiger partial charge on any atom is 0.272 e. The Labute approximate surface area is 218 Å². The summed E-state index contributed by atoms with van der Waals surface area (Å²) in [6.45, 7) is 0.476. The van der Waals surface area contributed by atoms with E-state index >= 15 is 0 Å². The summed E-state index contributed by atoms with van der Waals surface area (Å²) in [4.78, 5) is 29.6. The van der Waals surface area contributed by atoms with E-state index in [0.29, 0.717) is 35.0 Å². The number of ether oxygens (including phenoxy) is 1. The largest absolute Gasteiger partial charge is 0.489 e. The summed E-state index contributed by atoms with van der Waals surface area (Å²) in [5.41, 5.74) is 3.38. The SMILES string of the molecule is O=C(N[C@H]1CC2(C1)C[C@H](c1n[nH]c(=O)c3ccccc31)C2)c1cnc2cc(OCc3ccccc3)ccn12. The van der Waals surface area contributed by atoms with Gasteiger partial charge in [0.1, 0.15) is 23.7 Å². The topological polar surface area (TPSA) is 101 Å². The lowest BCUT2D eigenvalue weighted by atomic mass is 9.49. The highest BCUT2D eigenvalue weighted by Crippen LogP contribution is 2.62. The fourth-order valence-electron chi connectivity index (χ4n) is 6.27. The molecule has 2 aliphatic rings. The summed E-state index contributed by atoms with van der Waals surface area (Å²) in [7, 11) is 0. The van der Waals surface area contributed by atoms with Crippen LogP contribution in [-0.2, 0) is 6.61 Å². The van der Waals surface area contributed by atoms with E-state index in [0.717, 1.165) is 42.3 Å². The van der Waals surface area contributed by atoms with Gasteiger partial charge in [0.2, 0.25) is 0 Å². The molecule has 0 atom stereocenters. The summed E-state index contributed by atoms with van der Waals surface area (Å²) in [6, 6.07) is 21.5. The molecule has 3 heterocycles. The van der Waals surface area contributed by atoms with Crippen molar-refractivity contribution in [2.75, 3.05) is 0 Å². The number of hydrogen-bond acceptors (Lipinski definition) is 5. The Hall–Kier alpha value is -4.46. The molecular weight excluding hydrogens is 478 g/mol. The van der Waals surface area contributed by atoms with Crippen molar-refractivity contribution in [2.45, 2.75) is 44.2 Å². The Morgan fingerprint density at radius 1 is 1.03 bits per heavy atom. The lowest BCUT2D eigenvalue weighted by Gasteiger charge is -2.57. The van der Waals surface area contributed by atoms with Gasteiger partial charge in [-0.05, 0) is 48.8 Å². The first-order valence-electron chi connectivity index (χ1n) is 13.0. The Morgan fingerprint density at radius 3 is 2.61 bits per heavy atom. The van der Waals surface area contributed by atoms with Crippen molar-refractivity contribution in [3.05, 3.63) is 106 Å². The number of carbonyl (C=O) groups is 1. The summed E-state index contributed by atoms with van der Waals surface area (Å²) < 4.78 is 7.69. The van der Waals surface area contributed by atoms with Crippen molar-refractivity contribution in [2.24, 2.45) is 5.41 Å². The van der Waals surface area contributed by atoms with Crippen molar-refractivity contribution >= 4 is 22.3 Å². The van der Waals surface area contributed by atoms with Gasteiger partial charge in [0.15, 0.2) is 0 Å². The maximum absolute atomic E-state index is 13.1. The van der Waals surface area contributed by atoms with Crippen molar-refractivity contribution in [3.8, 4) is 5.75 Å². The zero-order valence-corrected chi connectivity index (χ0v) is 20.8. The van der Waals surface area contributed by atoms with E-state index in [-0.39, 0.29) is 22.9 Å². The lowest BCUT2D eigenvalue weighted by Crippen LogP contribution is -2.55. The normalized spacial score (nSPS) is 22.2. The molecule has 0 radical (unpaired) electrons. The van der Waals surface area contributed by atoms with Crippen molar-refractivity contribution in [1.82, 2.24) is 24.9 Å². The quantitative estimate of drug-likeness (QED) is 0.351. The maximum atomic E-state index is 13.1. The molecule has 2 aliphatic carbocycles. The number of fused-ring (bicyclic) bond motifs is 2. The van der Waals surface area contributed by atoms with Gasteiger partial charge in [-0.15, -0.1) is 0 Å². The van der Waals surface area contributed by atoms with E-state index in [9.17, 15) is 9.59 Å². The number of aromatic amines is 1. The third-order valence-corrected chi connectivity index (χ3v) is 8.13. The third kappa shape index (κ3) is 3.93. The summed E-state index contributed by atoms with van der Waals surface area (Å²) >= 11 is 0. The summed E-state index contributed by atoms with van der Waals surface area (Å²) in [5, 5.41) is 11.9. The Balaban J connectivity index is 0.965. The number of imidazole rings is 1. The molecule has 0 saturated heterocycles. The first-order chi connectivity index (χ1) is 18.6. The van der Waals surface area contributed by atoms with Gasteiger partial charge in [-0.3, -0.25) is 14.0 Å². The molecule has 2 N–H and O–H groups in total. The Kier molecular flexibility index (Phi) is 5.28. The van der Waals surface area contributed by atoms with Crippen molar-refractivity contribution in [1.29, 1.82) is 0 Å². The third-order valence-electron chi connectivity index (χ3n) is 8.13. The molecule has 8 heteroatoms. The molecular formula is C30H27N5O3. The van der Waals surface area contributed by atoms with Crippen LogP contribution in [0, 0.1) is 5.41 Å². The molecule has 190 valence electrons. The number of carbonyl (C=O) groups excluding carboxylic acids is 1.